The summed E-state index contributed by atoms with van der Waals surface area (Å²) in [7, 11) is 0. The second kappa shape index (κ2) is 3.37. The molecule has 0 aromatic carbocycles. The van der Waals surface area contributed by atoms with Crippen LogP contribution in [0.4, 0.5) is 0 Å². The fourth-order valence-corrected chi connectivity index (χ4v) is 1.04. The van der Waals surface area contributed by atoms with Crippen LogP contribution in [0.2, 0.25) is 0 Å². The van der Waals surface area contributed by atoms with Gasteiger partial charge >= 0.3 is 0 Å². The number of rotatable bonds is 2. The van der Waals surface area contributed by atoms with Crippen molar-refractivity contribution in [2.45, 2.75) is 0 Å². The maximum atomic E-state index is 5.68. The molecule has 0 bridgehead atoms. The highest BCUT2D eigenvalue weighted by molar-refractivity contribution is 5.31. The Kier molecular flexibility index (Phi) is 2.46. The number of hydrazine groups is 1. The van der Waals surface area contributed by atoms with E-state index in [4.69, 9.17) is 11.6 Å². The van der Waals surface area contributed by atoms with Crippen LogP contribution in [0.25, 0.3) is 0 Å². The molecule has 1 rings (SSSR count). The summed E-state index contributed by atoms with van der Waals surface area (Å²) in [5, 5.41) is 1.68. The van der Waals surface area contributed by atoms with Crippen molar-refractivity contribution >= 4 is 0 Å². The number of nitrogens with two attached hydrogens (primary N) is 2. The van der Waals surface area contributed by atoms with Crippen molar-refractivity contribution in [2.75, 3.05) is 13.1 Å². The third-order valence-corrected chi connectivity index (χ3v) is 1.59. The Morgan fingerprint density at radius 2 is 2.18 bits per heavy atom. The Morgan fingerprint density at radius 3 is 2.64 bits per heavy atom. The first-order valence-electron chi connectivity index (χ1n) is 3.50. The Bertz CT molecular complexity index is 215. The highest BCUT2D eigenvalue weighted by Crippen LogP contribution is 2.10. The van der Waals surface area contributed by atoms with Crippen molar-refractivity contribution in [3.63, 3.8) is 0 Å². The van der Waals surface area contributed by atoms with Crippen LogP contribution in [-0.2, 0) is 0 Å². The van der Waals surface area contributed by atoms with Crippen molar-refractivity contribution in [3.05, 3.63) is 36.1 Å². The fraction of sp³-hybridized carbons (Fsp3) is 0.250. The summed E-state index contributed by atoms with van der Waals surface area (Å²) in [6.07, 6.45) is 5.52. The van der Waals surface area contributed by atoms with Crippen LogP contribution < -0.4 is 11.6 Å². The fourth-order valence-electron chi connectivity index (χ4n) is 1.04. The molecule has 0 aromatic rings. The zero-order chi connectivity index (χ0) is 8.27. The molecule has 0 saturated carbocycles. The number of hydrogen-bond donors (Lipinski definition) is 2. The van der Waals surface area contributed by atoms with Gasteiger partial charge in [-0.3, -0.25) is 5.84 Å². The van der Waals surface area contributed by atoms with Gasteiger partial charge in [-0.25, -0.2) is 5.01 Å². The van der Waals surface area contributed by atoms with Crippen molar-refractivity contribution in [3.8, 4) is 0 Å². The van der Waals surface area contributed by atoms with Gasteiger partial charge in [-0.2, -0.15) is 0 Å². The zero-order valence-corrected chi connectivity index (χ0v) is 6.46. The predicted octanol–water partition coefficient (Wildman–Crippen LogP) is 0.131. The highest BCUT2D eigenvalue weighted by Gasteiger charge is 2.13. The maximum absolute atomic E-state index is 5.68. The largest absolute Gasteiger partial charge is 0.401 e. The van der Waals surface area contributed by atoms with E-state index < -0.39 is 0 Å². The summed E-state index contributed by atoms with van der Waals surface area (Å²) in [6.45, 7) is 4.97. The lowest BCUT2D eigenvalue weighted by molar-refractivity contribution is 0.362. The first kappa shape index (κ1) is 8.04. The smallest absolute Gasteiger partial charge is 0.0532 e. The molecule has 3 nitrogen and oxygen atoms in total. The lowest BCUT2D eigenvalue weighted by Crippen LogP contribution is -2.29. The molecule has 0 fully saturated rings. The topological polar surface area (TPSA) is 55.3 Å². The molecule has 1 heterocycles. The molecule has 0 unspecified atom stereocenters. The van der Waals surface area contributed by atoms with Crippen LogP contribution in [0.3, 0.4) is 0 Å². The molecule has 0 radical (unpaired) electrons. The Labute approximate surface area is 66.6 Å². The molecule has 0 amide bonds. The quantitative estimate of drug-likeness (QED) is 0.435. The number of nitrogens with zero attached hydrogens (tertiary/aromatic N) is 1. The molecule has 0 aromatic heterocycles. The Hall–Kier alpha value is -1.06. The molecule has 11 heavy (non-hydrogen) atoms. The molecule has 0 atom stereocenters. The van der Waals surface area contributed by atoms with Gasteiger partial charge in [-0.15, -0.1) is 0 Å². The predicted molar refractivity (Wildman–Crippen MR) is 46.3 cm³/mol. The van der Waals surface area contributed by atoms with Crippen LogP contribution in [0.5, 0.6) is 0 Å². The zero-order valence-electron chi connectivity index (χ0n) is 6.46. The Morgan fingerprint density at radius 1 is 1.45 bits per heavy atom. The molecular formula is C8H13N3. The number of hydrogen-bond acceptors (Lipinski definition) is 3. The van der Waals surface area contributed by atoms with Gasteiger partial charge in [0, 0.05) is 12.2 Å². The molecule has 1 aliphatic rings. The molecule has 60 valence electrons. The van der Waals surface area contributed by atoms with Crippen LogP contribution >= 0.6 is 0 Å². The van der Waals surface area contributed by atoms with E-state index in [0.29, 0.717) is 6.54 Å². The van der Waals surface area contributed by atoms with Gasteiger partial charge in [-0.1, -0.05) is 24.8 Å². The van der Waals surface area contributed by atoms with Crippen molar-refractivity contribution in [2.24, 2.45) is 11.6 Å². The van der Waals surface area contributed by atoms with Crippen molar-refractivity contribution in [1.82, 2.24) is 5.01 Å². The third kappa shape index (κ3) is 1.93. The highest BCUT2D eigenvalue weighted by atomic mass is 15.4. The third-order valence-electron chi connectivity index (χ3n) is 1.59. The van der Waals surface area contributed by atoms with Gasteiger partial charge < -0.3 is 5.73 Å². The minimum Gasteiger partial charge on any atom is -0.401 e. The molecule has 0 aliphatic carbocycles. The van der Waals surface area contributed by atoms with Gasteiger partial charge in [0.2, 0.25) is 0 Å². The van der Waals surface area contributed by atoms with Gasteiger partial charge in [0.1, 0.15) is 0 Å². The standard InChI is InChI=1S/C8H13N3/c1-2-3-4-7-5-11(10)6-8(7)9/h2-4H,1,5-6,9-10H2/b4-3-. The molecule has 4 N–H and O–H groups in total. The van der Waals surface area contributed by atoms with Crippen LogP contribution in [0.1, 0.15) is 0 Å². The lowest BCUT2D eigenvalue weighted by Gasteiger charge is -2.04. The van der Waals surface area contributed by atoms with E-state index in [9.17, 15) is 0 Å². The lowest BCUT2D eigenvalue weighted by atomic mass is 10.2. The molecule has 3 heteroatoms. The maximum Gasteiger partial charge on any atom is 0.0532 e. The minimum atomic E-state index is 0.664. The molecule has 0 saturated heterocycles. The first-order chi connectivity index (χ1) is 5.24. The second-order valence-corrected chi connectivity index (χ2v) is 2.55. The summed E-state index contributed by atoms with van der Waals surface area (Å²) in [4.78, 5) is 0. The van der Waals surface area contributed by atoms with Gasteiger partial charge in [0.05, 0.1) is 6.54 Å². The summed E-state index contributed by atoms with van der Waals surface area (Å²) in [5.74, 6) is 5.54. The normalized spacial score (nSPS) is 20.1. The van der Waals surface area contributed by atoms with E-state index in [2.05, 4.69) is 6.58 Å². The van der Waals surface area contributed by atoms with E-state index >= 15 is 0 Å². The average Bonchev–Trinajstić information content (AvgIpc) is 2.26. The first-order valence-corrected chi connectivity index (χ1v) is 3.50. The summed E-state index contributed by atoms with van der Waals surface area (Å²) in [5.41, 5.74) is 7.63. The average molecular weight is 151 g/mol. The van der Waals surface area contributed by atoms with E-state index in [1.807, 2.05) is 12.2 Å². The van der Waals surface area contributed by atoms with E-state index in [-0.39, 0.29) is 0 Å². The van der Waals surface area contributed by atoms with E-state index in [1.54, 1.807) is 11.1 Å². The van der Waals surface area contributed by atoms with Gasteiger partial charge in [-0.05, 0) is 5.57 Å². The van der Waals surface area contributed by atoms with Crippen molar-refractivity contribution in [1.29, 1.82) is 0 Å². The summed E-state index contributed by atoms with van der Waals surface area (Å²) in [6, 6.07) is 0. The minimum absolute atomic E-state index is 0.664. The van der Waals surface area contributed by atoms with Gasteiger partial charge in [0.15, 0.2) is 0 Å². The van der Waals surface area contributed by atoms with Crippen LogP contribution in [0, 0.1) is 0 Å². The van der Waals surface area contributed by atoms with E-state index in [1.165, 1.54) is 0 Å². The monoisotopic (exact) mass is 151 g/mol. The SMILES string of the molecule is C=C/C=C\C1=C(N)CN(N)C1. The Balaban J connectivity index is 2.64. The van der Waals surface area contributed by atoms with Crippen LogP contribution in [0.15, 0.2) is 36.1 Å². The molecule has 1 aliphatic heterocycles. The van der Waals surface area contributed by atoms with Gasteiger partial charge in [0.25, 0.3) is 0 Å². The van der Waals surface area contributed by atoms with E-state index in [0.717, 1.165) is 17.8 Å². The molecule has 0 spiro atoms. The van der Waals surface area contributed by atoms with Crippen LogP contribution in [-0.4, -0.2) is 18.1 Å². The number of allylic oxidation sites excluding steroid dienone is 2. The summed E-state index contributed by atoms with van der Waals surface area (Å²) < 4.78 is 0. The second-order valence-electron chi connectivity index (χ2n) is 2.55. The van der Waals surface area contributed by atoms with Crippen molar-refractivity contribution < 1.29 is 0 Å². The molecular weight excluding hydrogens is 138 g/mol. The summed E-state index contributed by atoms with van der Waals surface area (Å²) >= 11 is 0.